The van der Waals surface area contributed by atoms with Crippen molar-refractivity contribution in [2.24, 2.45) is 11.8 Å². The molecule has 0 aromatic rings. The van der Waals surface area contributed by atoms with E-state index in [4.69, 9.17) is 0 Å². The minimum Gasteiger partial charge on any atom is -0.0987 e. The van der Waals surface area contributed by atoms with Crippen LogP contribution in [0.25, 0.3) is 0 Å². The molecule has 1 saturated heterocycles. The van der Waals surface area contributed by atoms with E-state index in [-0.39, 0.29) is 0 Å². The van der Waals surface area contributed by atoms with Crippen molar-refractivity contribution in [3.05, 3.63) is 58.4 Å². The van der Waals surface area contributed by atoms with Crippen molar-refractivity contribution in [3.63, 3.8) is 0 Å². The van der Waals surface area contributed by atoms with E-state index in [2.05, 4.69) is 48.6 Å². The van der Waals surface area contributed by atoms with Crippen molar-refractivity contribution in [2.75, 3.05) is 0 Å². The first kappa shape index (κ1) is 9.29. The van der Waals surface area contributed by atoms with Crippen LogP contribution in [0.5, 0.6) is 0 Å². The van der Waals surface area contributed by atoms with Gasteiger partial charge >= 0.3 is 0 Å². The molecule has 1 heterocycles. The van der Waals surface area contributed by atoms with Gasteiger partial charge in [0.1, 0.15) is 0 Å². The summed E-state index contributed by atoms with van der Waals surface area (Å²) in [4.78, 5) is 3.07. The van der Waals surface area contributed by atoms with Crippen molar-refractivity contribution in [3.8, 4) is 0 Å². The van der Waals surface area contributed by atoms with Crippen molar-refractivity contribution in [1.82, 2.24) is 0 Å². The quantitative estimate of drug-likeness (QED) is 0.582. The van der Waals surface area contributed by atoms with E-state index in [0.29, 0.717) is 5.92 Å². The molecule has 0 amide bonds. The third-order valence-electron chi connectivity index (χ3n) is 3.22. The summed E-state index contributed by atoms with van der Waals surface area (Å²) >= 11 is 1.98. The van der Waals surface area contributed by atoms with Crippen LogP contribution in [0.15, 0.2) is 58.4 Å². The molecule has 0 N–H and O–H groups in total. The molecule has 2 aliphatic carbocycles. The third kappa shape index (κ3) is 1.76. The highest BCUT2D eigenvalue weighted by atomic mass is 32.2. The van der Waals surface area contributed by atoms with Crippen molar-refractivity contribution in [2.45, 2.75) is 12.8 Å². The lowest BCUT2D eigenvalue weighted by Crippen LogP contribution is -2.20. The van der Waals surface area contributed by atoms with Crippen LogP contribution in [0, 0.1) is 11.8 Å². The first-order valence-corrected chi connectivity index (χ1v) is 6.34. The number of allylic oxidation sites excluding steroid dienone is 10. The second-order valence-corrected chi connectivity index (χ2v) is 5.41. The van der Waals surface area contributed by atoms with Crippen LogP contribution in [0.4, 0.5) is 0 Å². The zero-order valence-corrected chi connectivity index (χ0v) is 9.41. The summed E-state index contributed by atoms with van der Waals surface area (Å²) in [5, 5.41) is 0. The van der Waals surface area contributed by atoms with Crippen LogP contribution in [0.1, 0.15) is 12.8 Å². The number of hydrogen-bond acceptors (Lipinski definition) is 1. The van der Waals surface area contributed by atoms with Crippen LogP contribution >= 0.6 is 11.8 Å². The van der Waals surface area contributed by atoms with Gasteiger partial charge in [-0.15, -0.1) is 0 Å². The van der Waals surface area contributed by atoms with Crippen LogP contribution in [0.2, 0.25) is 0 Å². The molecule has 2 atom stereocenters. The van der Waals surface area contributed by atoms with E-state index in [0.717, 1.165) is 5.92 Å². The molecule has 1 fully saturated rings. The number of fused-ring (bicyclic) bond motifs is 4. The molecular formula is C14H14S. The summed E-state index contributed by atoms with van der Waals surface area (Å²) in [7, 11) is 0. The van der Waals surface area contributed by atoms with E-state index in [1.807, 2.05) is 11.8 Å². The van der Waals surface area contributed by atoms with E-state index >= 15 is 0 Å². The molecule has 0 radical (unpaired) electrons. The molecule has 1 aliphatic heterocycles. The van der Waals surface area contributed by atoms with Gasteiger partial charge in [-0.25, -0.2) is 0 Å². The average Bonchev–Trinajstić information content (AvgIpc) is 2.25. The molecule has 2 bridgehead atoms. The topological polar surface area (TPSA) is 0 Å². The number of rotatable bonds is 0. The van der Waals surface area contributed by atoms with Gasteiger partial charge in [0, 0.05) is 5.92 Å². The standard InChI is InChI=1S/C14H14S/c1-2-6-11-10-12(7-3-1)15-14-9-5-4-8-13(11)14/h1-7,9,11,13H,8,10H2/t11-,13+/m0/s1. The van der Waals surface area contributed by atoms with Crippen molar-refractivity contribution >= 4 is 11.8 Å². The van der Waals surface area contributed by atoms with Crippen LogP contribution < -0.4 is 0 Å². The summed E-state index contributed by atoms with van der Waals surface area (Å²) in [6.07, 6.45) is 20.3. The van der Waals surface area contributed by atoms with Crippen molar-refractivity contribution in [1.29, 1.82) is 0 Å². The smallest absolute Gasteiger partial charge is 0.000257 e. The van der Waals surface area contributed by atoms with Gasteiger partial charge in [-0.2, -0.15) is 0 Å². The van der Waals surface area contributed by atoms with Gasteiger partial charge in [-0.1, -0.05) is 60.4 Å². The maximum absolute atomic E-state index is 2.38. The van der Waals surface area contributed by atoms with E-state index < -0.39 is 0 Å². The molecule has 0 spiro atoms. The Bertz CT molecular complexity index is 407. The number of hydrogen-bond donors (Lipinski definition) is 0. The fraction of sp³-hybridized carbons (Fsp3) is 0.286. The Kier molecular flexibility index (Phi) is 2.41. The predicted molar refractivity (Wildman–Crippen MR) is 67.4 cm³/mol. The lowest BCUT2D eigenvalue weighted by atomic mass is 9.83. The molecular weight excluding hydrogens is 200 g/mol. The summed E-state index contributed by atoms with van der Waals surface area (Å²) in [6, 6.07) is 0. The molecule has 3 rings (SSSR count). The average molecular weight is 214 g/mol. The van der Waals surface area contributed by atoms with Gasteiger partial charge in [-0.05, 0) is 28.6 Å². The molecule has 1 heteroatoms. The van der Waals surface area contributed by atoms with Gasteiger partial charge in [0.2, 0.25) is 0 Å². The van der Waals surface area contributed by atoms with Gasteiger partial charge in [0.05, 0.1) is 0 Å². The Morgan fingerprint density at radius 1 is 1.07 bits per heavy atom. The maximum atomic E-state index is 2.38. The second kappa shape index (κ2) is 3.90. The minimum absolute atomic E-state index is 0.707. The van der Waals surface area contributed by atoms with E-state index in [1.54, 1.807) is 4.91 Å². The van der Waals surface area contributed by atoms with Gasteiger partial charge in [-0.3, -0.25) is 0 Å². The minimum atomic E-state index is 0.707. The highest BCUT2D eigenvalue weighted by molar-refractivity contribution is 8.06. The summed E-state index contributed by atoms with van der Waals surface area (Å²) in [5.74, 6) is 1.44. The lowest BCUT2D eigenvalue weighted by Gasteiger charge is -2.34. The first-order valence-electron chi connectivity index (χ1n) is 5.52. The molecule has 0 nitrogen and oxygen atoms in total. The Morgan fingerprint density at radius 3 is 3.07 bits per heavy atom. The molecule has 0 saturated carbocycles. The van der Waals surface area contributed by atoms with Crippen LogP contribution in [0.3, 0.4) is 0 Å². The lowest BCUT2D eigenvalue weighted by molar-refractivity contribution is 0.464. The molecule has 15 heavy (non-hydrogen) atoms. The summed E-state index contributed by atoms with van der Waals surface area (Å²) < 4.78 is 0. The summed E-state index contributed by atoms with van der Waals surface area (Å²) in [6.45, 7) is 0. The molecule has 3 aliphatic rings. The van der Waals surface area contributed by atoms with Crippen LogP contribution in [-0.4, -0.2) is 0 Å². The summed E-state index contributed by atoms with van der Waals surface area (Å²) in [5.41, 5.74) is 0. The molecule has 0 aromatic carbocycles. The second-order valence-electron chi connectivity index (χ2n) is 4.21. The fourth-order valence-corrected chi connectivity index (χ4v) is 3.72. The Morgan fingerprint density at radius 2 is 2.07 bits per heavy atom. The highest BCUT2D eigenvalue weighted by Crippen LogP contribution is 2.48. The molecule has 0 unspecified atom stereocenters. The van der Waals surface area contributed by atoms with Gasteiger partial charge in [0.15, 0.2) is 0 Å². The SMILES string of the molecule is C1=CC=C2C[C@H](C=C1)[C@H]1CC=CC=C1S2. The largest absolute Gasteiger partial charge is 0.0987 e. The van der Waals surface area contributed by atoms with Gasteiger partial charge < -0.3 is 0 Å². The zero-order valence-electron chi connectivity index (χ0n) is 8.60. The molecule has 0 aromatic heterocycles. The number of thioether (sulfide) groups is 1. The first-order chi connectivity index (χ1) is 7.43. The highest BCUT2D eigenvalue weighted by Gasteiger charge is 2.30. The maximum Gasteiger partial charge on any atom is 0.000257 e. The van der Waals surface area contributed by atoms with Crippen molar-refractivity contribution < 1.29 is 0 Å². The predicted octanol–water partition coefficient (Wildman–Crippen LogP) is 4.21. The van der Waals surface area contributed by atoms with Gasteiger partial charge in [0.25, 0.3) is 0 Å². The third-order valence-corrected chi connectivity index (χ3v) is 4.46. The van der Waals surface area contributed by atoms with E-state index in [9.17, 15) is 0 Å². The monoisotopic (exact) mass is 214 g/mol. The Balaban J connectivity index is 2.00. The Labute approximate surface area is 95.1 Å². The molecule has 76 valence electrons. The Hall–Kier alpha value is -0.950. The van der Waals surface area contributed by atoms with Crippen LogP contribution in [-0.2, 0) is 0 Å². The fourth-order valence-electron chi connectivity index (χ4n) is 2.43. The zero-order chi connectivity index (χ0) is 10.1. The van der Waals surface area contributed by atoms with E-state index in [1.165, 1.54) is 17.7 Å². The normalized spacial score (nSPS) is 32.5.